The van der Waals surface area contributed by atoms with E-state index >= 15 is 0 Å². The van der Waals surface area contributed by atoms with Crippen molar-refractivity contribution in [2.45, 2.75) is 13.0 Å². The average Bonchev–Trinajstić information content (AvgIpc) is 2.25. The fourth-order valence-electron chi connectivity index (χ4n) is 1.10. The molecule has 1 amide bonds. The van der Waals surface area contributed by atoms with Gasteiger partial charge in [-0.25, -0.2) is 0 Å². The quantitative estimate of drug-likeness (QED) is 0.624. The summed E-state index contributed by atoms with van der Waals surface area (Å²) < 4.78 is 0. The normalized spacial score (nSPS) is 10.4. The summed E-state index contributed by atoms with van der Waals surface area (Å²) in [5, 5.41) is 20.1. The van der Waals surface area contributed by atoms with E-state index in [0.29, 0.717) is 5.56 Å². The van der Waals surface area contributed by atoms with Crippen molar-refractivity contribution in [3.05, 3.63) is 29.6 Å². The Morgan fingerprint density at radius 2 is 2.20 bits per heavy atom. The maximum atomic E-state index is 11.6. The number of aryl methyl sites for hydroxylation is 1. The molecule has 0 spiro atoms. The Bertz CT molecular complexity index is 337. The Balaban J connectivity index is 2.68. The zero-order valence-electron chi connectivity index (χ0n) is 8.47. The van der Waals surface area contributed by atoms with Crippen LogP contribution in [0, 0.1) is 6.92 Å². The summed E-state index contributed by atoms with van der Waals surface area (Å²) in [4.78, 5) is 15.5. The molecule has 0 bridgehead atoms. The van der Waals surface area contributed by atoms with E-state index in [4.69, 9.17) is 10.2 Å². The van der Waals surface area contributed by atoms with Gasteiger partial charge in [0.25, 0.3) is 5.91 Å². The number of aromatic nitrogens is 1. The first-order valence-corrected chi connectivity index (χ1v) is 4.62. The highest BCUT2D eigenvalue weighted by Gasteiger charge is 2.11. The van der Waals surface area contributed by atoms with Crippen LogP contribution in [0.25, 0.3) is 0 Å². The largest absolute Gasteiger partial charge is 0.394 e. The summed E-state index contributed by atoms with van der Waals surface area (Å²) in [5.74, 6) is -0.325. The second-order valence-corrected chi connectivity index (χ2v) is 3.22. The number of nitrogens with one attached hydrogen (secondary N) is 1. The van der Waals surface area contributed by atoms with Gasteiger partial charge in [-0.1, -0.05) is 0 Å². The predicted molar refractivity (Wildman–Crippen MR) is 54.4 cm³/mol. The highest BCUT2D eigenvalue weighted by Crippen LogP contribution is 2.00. The van der Waals surface area contributed by atoms with Crippen molar-refractivity contribution in [1.29, 1.82) is 0 Å². The van der Waals surface area contributed by atoms with Gasteiger partial charge in [0, 0.05) is 17.5 Å². The topological polar surface area (TPSA) is 82.5 Å². The summed E-state index contributed by atoms with van der Waals surface area (Å²) >= 11 is 0. The van der Waals surface area contributed by atoms with E-state index in [1.165, 1.54) is 6.20 Å². The van der Waals surface area contributed by atoms with Crippen LogP contribution in [0.2, 0.25) is 0 Å². The lowest BCUT2D eigenvalue weighted by Gasteiger charge is -2.13. The minimum Gasteiger partial charge on any atom is -0.394 e. The molecule has 3 N–H and O–H groups in total. The van der Waals surface area contributed by atoms with Gasteiger partial charge >= 0.3 is 0 Å². The molecular formula is C10H14N2O3. The molecule has 1 aromatic heterocycles. The van der Waals surface area contributed by atoms with E-state index in [0.717, 1.165) is 5.69 Å². The summed E-state index contributed by atoms with van der Waals surface area (Å²) in [6.07, 6.45) is 1.54. The van der Waals surface area contributed by atoms with Gasteiger partial charge in [0.1, 0.15) is 0 Å². The monoisotopic (exact) mass is 210 g/mol. The molecule has 0 saturated carbocycles. The number of amides is 1. The smallest absolute Gasteiger partial charge is 0.251 e. The number of carbonyl (C=O) groups excluding carboxylic acids is 1. The van der Waals surface area contributed by atoms with Crippen LogP contribution < -0.4 is 5.32 Å². The fraction of sp³-hybridized carbons (Fsp3) is 0.400. The van der Waals surface area contributed by atoms with Crippen LogP contribution in [0.15, 0.2) is 18.3 Å². The Kier molecular flexibility index (Phi) is 4.20. The molecule has 0 aliphatic heterocycles. The van der Waals surface area contributed by atoms with Crippen molar-refractivity contribution in [3.63, 3.8) is 0 Å². The average molecular weight is 210 g/mol. The van der Waals surface area contributed by atoms with E-state index in [-0.39, 0.29) is 19.1 Å². The Morgan fingerprint density at radius 1 is 1.53 bits per heavy atom. The summed E-state index contributed by atoms with van der Waals surface area (Å²) in [7, 11) is 0. The van der Waals surface area contributed by atoms with Crippen LogP contribution in [-0.4, -0.2) is 40.4 Å². The zero-order valence-corrected chi connectivity index (χ0v) is 8.47. The molecule has 1 heterocycles. The van der Waals surface area contributed by atoms with E-state index in [1.807, 2.05) is 0 Å². The minimum atomic E-state index is -0.619. The summed E-state index contributed by atoms with van der Waals surface area (Å²) in [5.41, 5.74) is 1.21. The van der Waals surface area contributed by atoms with E-state index in [9.17, 15) is 4.79 Å². The molecule has 0 saturated heterocycles. The molecule has 1 aromatic rings. The van der Waals surface area contributed by atoms with Crippen molar-refractivity contribution in [2.75, 3.05) is 13.2 Å². The van der Waals surface area contributed by atoms with Gasteiger partial charge < -0.3 is 15.5 Å². The molecule has 1 rings (SSSR count). The van der Waals surface area contributed by atoms with Crippen molar-refractivity contribution < 1.29 is 15.0 Å². The number of carbonyl (C=O) groups is 1. The van der Waals surface area contributed by atoms with Crippen LogP contribution in [0.5, 0.6) is 0 Å². The molecule has 0 fully saturated rings. The van der Waals surface area contributed by atoms with Gasteiger partial charge in [0.2, 0.25) is 0 Å². The Morgan fingerprint density at radius 3 is 2.73 bits per heavy atom. The molecule has 0 radical (unpaired) electrons. The van der Waals surface area contributed by atoms with Crippen LogP contribution in [0.1, 0.15) is 16.1 Å². The van der Waals surface area contributed by atoms with Gasteiger partial charge in [0.15, 0.2) is 0 Å². The second-order valence-electron chi connectivity index (χ2n) is 3.22. The maximum Gasteiger partial charge on any atom is 0.251 e. The number of nitrogens with zero attached hydrogens (tertiary/aromatic N) is 1. The number of aliphatic hydroxyl groups excluding tert-OH is 2. The van der Waals surface area contributed by atoms with Gasteiger partial charge in [-0.05, 0) is 19.1 Å². The molecular weight excluding hydrogens is 196 g/mol. The van der Waals surface area contributed by atoms with Gasteiger partial charge in [-0.3, -0.25) is 9.78 Å². The van der Waals surface area contributed by atoms with Crippen molar-refractivity contribution in [1.82, 2.24) is 10.3 Å². The lowest BCUT2D eigenvalue weighted by Crippen LogP contribution is -2.40. The summed E-state index contributed by atoms with van der Waals surface area (Å²) in [6, 6.07) is 2.60. The van der Waals surface area contributed by atoms with Crippen LogP contribution >= 0.6 is 0 Å². The van der Waals surface area contributed by atoms with Gasteiger partial charge in [0.05, 0.1) is 19.3 Å². The van der Waals surface area contributed by atoms with Gasteiger partial charge in [-0.15, -0.1) is 0 Å². The van der Waals surface area contributed by atoms with E-state index < -0.39 is 6.04 Å². The molecule has 0 aliphatic rings. The lowest BCUT2D eigenvalue weighted by atomic mass is 10.2. The fourth-order valence-corrected chi connectivity index (χ4v) is 1.10. The third-order valence-corrected chi connectivity index (χ3v) is 1.93. The van der Waals surface area contributed by atoms with Crippen molar-refractivity contribution >= 4 is 5.91 Å². The van der Waals surface area contributed by atoms with Crippen LogP contribution in [0.3, 0.4) is 0 Å². The molecule has 15 heavy (non-hydrogen) atoms. The standard InChI is InChI=1S/C10H14N2O3/c1-7-4-8(2-3-11-7)10(15)12-9(5-13)6-14/h2-4,9,13-14H,5-6H2,1H3,(H,12,15). The number of aliphatic hydroxyl groups is 2. The minimum absolute atomic E-state index is 0.285. The zero-order chi connectivity index (χ0) is 11.3. The first kappa shape index (κ1) is 11.6. The molecule has 0 aromatic carbocycles. The SMILES string of the molecule is Cc1cc(C(=O)NC(CO)CO)ccn1. The first-order valence-electron chi connectivity index (χ1n) is 4.62. The van der Waals surface area contributed by atoms with Crippen molar-refractivity contribution in [2.24, 2.45) is 0 Å². The van der Waals surface area contributed by atoms with Crippen LogP contribution in [0.4, 0.5) is 0 Å². The maximum absolute atomic E-state index is 11.6. The third-order valence-electron chi connectivity index (χ3n) is 1.93. The van der Waals surface area contributed by atoms with Gasteiger partial charge in [-0.2, -0.15) is 0 Å². The highest BCUT2D eigenvalue weighted by molar-refractivity contribution is 5.94. The molecule has 82 valence electrons. The summed E-state index contributed by atoms with van der Waals surface area (Å²) in [6.45, 7) is 1.21. The van der Waals surface area contributed by atoms with Crippen molar-refractivity contribution in [3.8, 4) is 0 Å². The van der Waals surface area contributed by atoms with E-state index in [2.05, 4.69) is 10.3 Å². The molecule has 0 unspecified atom stereocenters. The number of rotatable bonds is 4. The Hall–Kier alpha value is -1.46. The number of hydrogen-bond acceptors (Lipinski definition) is 4. The molecule has 0 aliphatic carbocycles. The first-order chi connectivity index (χ1) is 7.17. The molecule has 5 nitrogen and oxygen atoms in total. The Labute approximate surface area is 87.8 Å². The number of pyridine rings is 1. The van der Waals surface area contributed by atoms with Crippen LogP contribution in [-0.2, 0) is 0 Å². The lowest BCUT2D eigenvalue weighted by molar-refractivity contribution is 0.0879. The van der Waals surface area contributed by atoms with E-state index in [1.54, 1.807) is 19.1 Å². The molecule has 0 atom stereocenters. The number of hydrogen-bond donors (Lipinski definition) is 3. The second kappa shape index (κ2) is 5.43. The molecule has 5 heteroatoms. The predicted octanol–water partition coefficient (Wildman–Crippen LogP) is -0.527. The highest BCUT2D eigenvalue weighted by atomic mass is 16.3. The third kappa shape index (κ3) is 3.30.